The van der Waals surface area contributed by atoms with Gasteiger partial charge in [0.25, 0.3) is 5.91 Å². The van der Waals surface area contributed by atoms with Crippen LogP contribution in [0.1, 0.15) is 33.5 Å². The van der Waals surface area contributed by atoms with E-state index in [0.29, 0.717) is 28.9 Å². The van der Waals surface area contributed by atoms with Gasteiger partial charge < -0.3 is 15.4 Å². The van der Waals surface area contributed by atoms with Crippen LogP contribution in [-0.2, 0) is 0 Å². The van der Waals surface area contributed by atoms with E-state index in [-0.39, 0.29) is 11.4 Å². The molecule has 1 aliphatic rings. The molecular formula is C18H19N7O2. The normalized spacial score (nSPS) is 15.4. The van der Waals surface area contributed by atoms with Crippen molar-refractivity contribution in [1.29, 1.82) is 0 Å². The van der Waals surface area contributed by atoms with E-state index >= 15 is 0 Å². The Hall–Kier alpha value is -3.49. The van der Waals surface area contributed by atoms with Crippen molar-refractivity contribution >= 4 is 17.3 Å². The number of nitrogens with one attached hydrogen (secondary N) is 2. The lowest BCUT2D eigenvalue weighted by molar-refractivity contribution is 0.0958. The highest BCUT2D eigenvalue weighted by Crippen LogP contribution is 2.38. The van der Waals surface area contributed by atoms with Crippen LogP contribution < -0.4 is 15.4 Å². The summed E-state index contributed by atoms with van der Waals surface area (Å²) in [5.74, 6) is 0.131. The summed E-state index contributed by atoms with van der Waals surface area (Å²) in [6.45, 7) is -2.64. The number of methoxy groups -OCH3 is 1. The van der Waals surface area contributed by atoms with Gasteiger partial charge in [-0.2, -0.15) is 10.2 Å². The van der Waals surface area contributed by atoms with Gasteiger partial charge in [-0.05, 0) is 31.0 Å². The van der Waals surface area contributed by atoms with Gasteiger partial charge in [-0.3, -0.25) is 4.79 Å². The van der Waals surface area contributed by atoms with Crippen molar-refractivity contribution in [2.45, 2.75) is 18.9 Å². The van der Waals surface area contributed by atoms with Gasteiger partial charge in [0.2, 0.25) is 0 Å². The molecule has 9 nitrogen and oxygen atoms in total. The maximum Gasteiger partial charge on any atom is 0.273 e. The summed E-state index contributed by atoms with van der Waals surface area (Å²) >= 11 is 0. The smallest absolute Gasteiger partial charge is 0.273 e. The van der Waals surface area contributed by atoms with E-state index in [0.717, 1.165) is 12.8 Å². The van der Waals surface area contributed by atoms with E-state index in [1.165, 1.54) is 19.4 Å². The second-order valence-electron chi connectivity index (χ2n) is 6.04. The van der Waals surface area contributed by atoms with E-state index in [4.69, 9.17) is 8.85 Å². The molecule has 1 aromatic carbocycles. The highest BCUT2D eigenvalue weighted by molar-refractivity contribution is 5.98. The number of hydrogen-bond donors (Lipinski definition) is 2. The van der Waals surface area contributed by atoms with Crippen LogP contribution in [0.25, 0.3) is 11.4 Å². The Balaban J connectivity index is 1.66. The molecule has 9 heteroatoms. The van der Waals surface area contributed by atoms with Crippen molar-refractivity contribution in [2.75, 3.05) is 19.4 Å². The fraction of sp³-hybridized carbons (Fsp3) is 0.278. The van der Waals surface area contributed by atoms with E-state index in [9.17, 15) is 4.79 Å². The molecule has 2 aromatic heterocycles. The second kappa shape index (κ2) is 7.02. The molecule has 2 N–H and O–H groups in total. The Morgan fingerprint density at radius 3 is 3.00 bits per heavy atom. The molecule has 1 amide bonds. The van der Waals surface area contributed by atoms with Gasteiger partial charge in [0.15, 0.2) is 17.3 Å². The Labute approximate surface area is 160 Å². The molecule has 0 saturated heterocycles. The molecule has 0 aliphatic heterocycles. The Bertz CT molecular complexity index is 1080. The summed E-state index contributed by atoms with van der Waals surface area (Å²) in [4.78, 5) is 16.7. The number of hydrogen-bond acceptors (Lipinski definition) is 7. The molecular weight excluding hydrogens is 346 g/mol. The SMILES string of the molecule is [2H]C([2H])([2H])NC(=O)c1nnccc1Nc1cccc(-c2ncn(C3CC3)n2)c1OC. The fourth-order valence-corrected chi connectivity index (χ4v) is 2.75. The number of aromatic nitrogens is 5. The summed E-state index contributed by atoms with van der Waals surface area (Å²) in [5, 5.41) is 17.0. The van der Waals surface area contributed by atoms with Crippen molar-refractivity contribution in [3.8, 4) is 17.1 Å². The lowest BCUT2D eigenvalue weighted by atomic mass is 10.1. The minimum atomic E-state index is -2.64. The number of para-hydroxylation sites is 1. The minimum absolute atomic E-state index is 0.155. The van der Waals surface area contributed by atoms with Crippen LogP contribution in [0.3, 0.4) is 0 Å². The zero-order valence-electron chi connectivity index (χ0n) is 17.5. The number of amides is 1. The summed E-state index contributed by atoms with van der Waals surface area (Å²) in [7, 11) is 1.52. The Kier molecular flexibility index (Phi) is 3.56. The molecule has 1 saturated carbocycles. The van der Waals surface area contributed by atoms with E-state index < -0.39 is 12.9 Å². The van der Waals surface area contributed by atoms with Gasteiger partial charge >= 0.3 is 0 Å². The van der Waals surface area contributed by atoms with E-state index in [1.54, 1.807) is 18.5 Å². The number of carbonyl (C=O) groups is 1. The number of rotatable bonds is 6. The van der Waals surface area contributed by atoms with Gasteiger partial charge in [-0.15, -0.1) is 5.10 Å². The second-order valence-corrected chi connectivity index (χ2v) is 6.04. The highest BCUT2D eigenvalue weighted by atomic mass is 16.5. The molecule has 3 aromatic rings. The largest absolute Gasteiger partial charge is 0.494 e. The standard InChI is InChI=1S/C18H19N7O2/c1-19-18(26)15-13(8-9-21-23-15)22-14-5-3-4-12(16(14)27-2)17-20-10-25(24-17)11-6-7-11/h3-5,8-11H,6-7H2,1-2H3,(H,19,26)(H,21,22)/i1D3. The number of nitrogens with zero attached hydrogens (tertiary/aromatic N) is 5. The molecule has 0 radical (unpaired) electrons. The van der Waals surface area contributed by atoms with Crippen molar-refractivity contribution in [3.05, 3.63) is 42.5 Å². The van der Waals surface area contributed by atoms with Crippen LogP contribution in [0.5, 0.6) is 5.75 Å². The van der Waals surface area contributed by atoms with Gasteiger partial charge in [0.05, 0.1) is 36.3 Å². The van der Waals surface area contributed by atoms with E-state index in [1.807, 2.05) is 16.1 Å². The lowest BCUT2D eigenvalue weighted by Crippen LogP contribution is -2.21. The fourth-order valence-electron chi connectivity index (χ4n) is 2.75. The molecule has 4 rings (SSSR count). The molecule has 1 aliphatic carbocycles. The third-order valence-electron chi connectivity index (χ3n) is 4.21. The number of ether oxygens (including phenoxy) is 1. The van der Waals surface area contributed by atoms with Crippen molar-refractivity contribution in [2.24, 2.45) is 0 Å². The summed E-state index contributed by atoms with van der Waals surface area (Å²) in [6, 6.07) is 7.32. The Morgan fingerprint density at radius 2 is 2.22 bits per heavy atom. The quantitative estimate of drug-likeness (QED) is 0.687. The van der Waals surface area contributed by atoms with Crippen LogP contribution in [-0.4, -0.2) is 45.0 Å². The minimum Gasteiger partial charge on any atom is -0.494 e. The maximum atomic E-state index is 12.3. The van der Waals surface area contributed by atoms with Crippen LogP contribution in [0.4, 0.5) is 11.4 Å². The zero-order chi connectivity index (χ0) is 21.3. The average Bonchev–Trinajstić information content (AvgIpc) is 3.44. The molecule has 0 atom stereocenters. The molecule has 27 heavy (non-hydrogen) atoms. The average molecular weight is 368 g/mol. The topological polar surface area (TPSA) is 107 Å². The first-order valence-electron chi connectivity index (χ1n) is 9.85. The van der Waals surface area contributed by atoms with Crippen LogP contribution >= 0.6 is 0 Å². The number of benzene rings is 1. The predicted molar refractivity (Wildman–Crippen MR) is 99.0 cm³/mol. The lowest BCUT2D eigenvalue weighted by Gasteiger charge is -2.15. The highest BCUT2D eigenvalue weighted by Gasteiger charge is 2.26. The predicted octanol–water partition coefficient (Wildman–Crippen LogP) is 2.18. The summed E-state index contributed by atoms with van der Waals surface area (Å²) in [5.41, 5.74) is 1.34. The first-order valence-corrected chi connectivity index (χ1v) is 8.35. The number of carbonyl (C=O) groups excluding carboxylic acids is 1. The van der Waals surface area contributed by atoms with Crippen LogP contribution in [0, 0.1) is 0 Å². The van der Waals surface area contributed by atoms with Crippen molar-refractivity contribution < 1.29 is 13.6 Å². The zero-order valence-corrected chi connectivity index (χ0v) is 14.5. The van der Waals surface area contributed by atoms with Crippen LogP contribution in [0.15, 0.2) is 36.8 Å². The van der Waals surface area contributed by atoms with Gasteiger partial charge in [0, 0.05) is 11.1 Å². The Morgan fingerprint density at radius 1 is 1.33 bits per heavy atom. The van der Waals surface area contributed by atoms with Gasteiger partial charge in [0.1, 0.15) is 6.33 Å². The first-order chi connectivity index (χ1) is 14.4. The third-order valence-corrected chi connectivity index (χ3v) is 4.21. The molecule has 2 heterocycles. The third kappa shape index (κ3) is 3.31. The van der Waals surface area contributed by atoms with E-state index in [2.05, 4.69) is 25.6 Å². The van der Waals surface area contributed by atoms with Gasteiger partial charge in [-0.25, -0.2) is 9.67 Å². The molecule has 1 fully saturated rings. The molecule has 0 bridgehead atoms. The molecule has 138 valence electrons. The van der Waals surface area contributed by atoms with Crippen molar-refractivity contribution in [3.63, 3.8) is 0 Å². The summed E-state index contributed by atoms with van der Waals surface area (Å²) < 4.78 is 29.1. The maximum absolute atomic E-state index is 12.3. The van der Waals surface area contributed by atoms with Crippen LogP contribution in [0.2, 0.25) is 0 Å². The molecule has 0 spiro atoms. The summed E-state index contributed by atoms with van der Waals surface area (Å²) in [6.07, 6.45) is 5.29. The first kappa shape index (κ1) is 13.7. The van der Waals surface area contributed by atoms with Crippen molar-refractivity contribution in [1.82, 2.24) is 30.3 Å². The molecule has 0 unspecified atom stereocenters. The number of anilines is 2. The monoisotopic (exact) mass is 368 g/mol. The van der Waals surface area contributed by atoms with Gasteiger partial charge in [-0.1, -0.05) is 6.07 Å².